The maximum Gasteiger partial charge on any atom is 0.322 e. The zero-order valence-electron chi connectivity index (χ0n) is 8.70. The fourth-order valence-corrected chi connectivity index (χ4v) is 1.49. The molecule has 7 nitrogen and oxygen atoms in total. The van der Waals surface area contributed by atoms with Gasteiger partial charge in [0.15, 0.2) is 0 Å². The molecule has 2 aromatic heterocycles. The minimum Gasteiger partial charge on any atom is -0.397 e. The topological polar surface area (TPSA) is 121 Å². The van der Waals surface area contributed by atoms with E-state index in [0.29, 0.717) is 5.69 Å². The Morgan fingerprint density at radius 2 is 2.00 bits per heavy atom. The molecule has 0 amide bonds. The fourth-order valence-electron chi connectivity index (χ4n) is 1.49. The van der Waals surface area contributed by atoms with Crippen LogP contribution in [0, 0.1) is 10.1 Å². The SMILES string of the molecule is Nc1cnc(N)c([N+](=O)[O-])c1-c1ccccn1. The van der Waals surface area contributed by atoms with Crippen molar-refractivity contribution in [2.75, 3.05) is 11.5 Å². The van der Waals surface area contributed by atoms with Crippen LogP contribution in [0.4, 0.5) is 17.2 Å². The molecule has 0 atom stereocenters. The van der Waals surface area contributed by atoms with Gasteiger partial charge in [0.1, 0.15) is 5.56 Å². The van der Waals surface area contributed by atoms with Crippen LogP contribution >= 0.6 is 0 Å². The average molecular weight is 231 g/mol. The van der Waals surface area contributed by atoms with Gasteiger partial charge in [-0.05, 0) is 12.1 Å². The van der Waals surface area contributed by atoms with Crippen LogP contribution in [0.1, 0.15) is 0 Å². The first-order chi connectivity index (χ1) is 8.11. The molecule has 0 unspecified atom stereocenters. The molecular formula is C10H9N5O2. The van der Waals surface area contributed by atoms with Crippen LogP contribution in [0.15, 0.2) is 30.6 Å². The van der Waals surface area contributed by atoms with Crippen LogP contribution in [0.5, 0.6) is 0 Å². The summed E-state index contributed by atoms with van der Waals surface area (Å²) in [5.41, 5.74) is 11.6. The van der Waals surface area contributed by atoms with Crippen molar-refractivity contribution in [3.05, 3.63) is 40.7 Å². The lowest BCUT2D eigenvalue weighted by molar-refractivity contribution is -0.383. The monoisotopic (exact) mass is 231 g/mol. The van der Waals surface area contributed by atoms with E-state index in [1.165, 1.54) is 12.4 Å². The number of nitro groups is 1. The van der Waals surface area contributed by atoms with Crippen molar-refractivity contribution in [2.45, 2.75) is 0 Å². The molecule has 0 bridgehead atoms. The van der Waals surface area contributed by atoms with E-state index in [9.17, 15) is 10.1 Å². The summed E-state index contributed by atoms with van der Waals surface area (Å²) >= 11 is 0. The van der Waals surface area contributed by atoms with Crippen molar-refractivity contribution in [2.24, 2.45) is 0 Å². The summed E-state index contributed by atoms with van der Waals surface area (Å²) < 4.78 is 0. The Labute approximate surface area is 96.3 Å². The molecule has 0 saturated heterocycles. The Kier molecular flexibility index (Phi) is 2.57. The van der Waals surface area contributed by atoms with Gasteiger partial charge in [0.25, 0.3) is 0 Å². The smallest absolute Gasteiger partial charge is 0.322 e. The summed E-state index contributed by atoms with van der Waals surface area (Å²) in [6, 6.07) is 5.04. The molecule has 0 aliphatic carbocycles. The third-order valence-corrected chi connectivity index (χ3v) is 2.21. The Bertz CT molecular complexity index is 570. The molecule has 2 aromatic rings. The lowest BCUT2D eigenvalue weighted by Gasteiger charge is -2.06. The number of rotatable bonds is 2. The molecule has 0 saturated carbocycles. The lowest BCUT2D eigenvalue weighted by atomic mass is 10.1. The number of hydrogen-bond donors (Lipinski definition) is 2. The number of anilines is 2. The number of nitrogens with zero attached hydrogens (tertiary/aromatic N) is 3. The van der Waals surface area contributed by atoms with Gasteiger partial charge in [0.2, 0.25) is 5.82 Å². The molecule has 7 heteroatoms. The van der Waals surface area contributed by atoms with Crippen molar-refractivity contribution >= 4 is 17.2 Å². The largest absolute Gasteiger partial charge is 0.397 e. The van der Waals surface area contributed by atoms with Gasteiger partial charge in [-0.1, -0.05) is 6.07 Å². The van der Waals surface area contributed by atoms with Crippen molar-refractivity contribution in [1.29, 1.82) is 0 Å². The van der Waals surface area contributed by atoms with Gasteiger partial charge in [0.05, 0.1) is 22.5 Å². The van der Waals surface area contributed by atoms with Crippen molar-refractivity contribution in [3.63, 3.8) is 0 Å². The van der Waals surface area contributed by atoms with Crippen molar-refractivity contribution in [3.8, 4) is 11.3 Å². The first kappa shape index (κ1) is 10.8. The van der Waals surface area contributed by atoms with E-state index >= 15 is 0 Å². The third-order valence-electron chi connectivity index (χ3n) is 2.21. The molecule has 0 radical (unpaired) electrons. The Hall–Kier alpha value is -2.70. The quantitative estimate of drug-likeness (QED) is 0.591. The molecule has 86 valence electrons. The van der Waals surface area contributed by atoms with E-state index < -0.39 is 4.92 Å². The number of nitrogens with two attached hydrogens (primary N) is 2. The summed E-state index contributed by atoms with van der Waals surface area (Å²) in [7, 11) is 0. The normalized spacial score (nSPS) is 10.1. The summed E-state index contributed by atoms with van der Waals surface area (Å²) in [6.07, 6.45) is 2.81. The average Bonchev–Trinajstić information content (AvgIpc) is 2.32. The van der Waals surface area contributed by atoms with Crippen molar-refractivity contribution < 1.29 is 4.92 Å². The molecule has 0 aromatic carbocycles. The molecule has 17 heavy (non-hydrogen) atoms. The van der Waals surface area contributed by atoms with Crippen LogP contribution in [0.2, 0.25) is 0 Å². The second kappa shape index (κ2) is 4.05. The van der Waals surface area contributed by atoms with Crippen LogP contribution in [0.25, 0.3) is 11.3 Å². The Morgan fingerprint density at radius 3 is 2.59 bits per heavy atom. The van der Waals surface area contributed by atoms with Crippen LogP contribution in [0.3, 0.4) is 0 Å². The number of nitrogen functional groups attached to an aromatic ring is 2. The van der Waals surface area contributed by atoms with Gasteiger partial charge in [-0.2, -0.15) is 0 Å². The van der Waals surface area contributed by atoms with Gasteiger partial charge in [-0.3, -0.25) is 15.1 Å². The number of pyridine rings is 2. The molecule has 2 heterocycles. The summed E-state index contributed by atoms with van der Waals surface area (Å²) in [6.45, 7) is 0. The maximum absolute atomic E-state index is 11.0. The molecule has 0 fully saturated rings. The van der Waals surface area contributed by atoms with E-state index in [2.05, 4.69) is 9.97 Å². The van der Waals surface area contributed by atoms with Gasteiger partial charge in [-0.25, -0.2) is 4.98 Å². The van der Waals surface area contributed by atoms with E-state index in [1.54, 1.807) is 18.2 Å². The van der Waals surface area contributed by atoms with Gasteiger partial charge in [-0.15, -0.1) is 0 Å². The van der Waals surface area contributed by atoms with Gasteiger partial charge >= 0.3 is 5.69 Å². The molecule has 0 aliphatic heterocycles. The van der Waals surface area contributed by atoms with E-state index in [0.717, 1.165) is 0 Å². The van der Waals surface area contributed by atoms with Crippen LogP contribution < -0.4 is 11.5 Å². The first-order valence-corrected chi connectivity index (χ1v) is 4.71. The van der Waals surface area contributed by atoms with Crippen molar-refractivity contribution in [1.82, 2.24) is 9.97 Å². The molecule has 2 rings (SSSR count). The number of hydrogen-bond acceptors (Lipinski definition) is 6. The van der Waals surface area contributed by atoms with E-state index in [1.807, 2.05) is 0 Å². The highest BCUT2D eigenvalue weighted by Crippen LogP contribution is 2.36. The highest BCUT2D eigenvalue weighted by Gasteiger charge is 2.24. The zero-order chi connectivity index (χ0) is 12.4. The molecule has 0 aliphatic rings. The summed E-state index contributed by atoms with van der Waals surface area (Å²) in [5, 5.41) is 11.0. The fraction of sp³-hybridized carbons (Fsp3) is 0. The van der Waals surface area contributed by atoms with E-state index in [4.69, 9.17) is 11.5 Å². The maximum atomic E-state index is 11.0. The molecular weight excluding hydrogens is 222 g/mol. The second-order valence-electron chi connectivity index (χ2n) is 3.29. The first-order valence-electron chi connectivity index (χ1n) is 4.71. The third kappa shape index (κ3) is 1.85. The highest BCUT2D eigenvalue weighted by molar-refractivity contribution is 5.86. The summed E-state index contributed by atoms with van der Waals surface area (Å²) in [4.78, 5) is 18.1. The Morgan fingerprint density at radius 1 is 1.24 bits per heavy atom. The van der Waals surface area contributed by atoms with Gasteiger partial charge in [0, 0.05) is 6.20 Å². The lowest BCUT2D eigenvalue weighted by Crippen LogP contribution is -2.04. The zero-order valence-corrected chi connectivity index (χ0v) is 8.70. The van der Waals surface area contributed by atoms with Gasteiger partial charge < -0.3 is 11.5 Å². The highest BCUT2D eigenvalue weighted by atomic mass is 16.6. The predicted octanol–water partition coefficient (Wildman–Crippen LogP) is 1.22. The molecule has 4 N–H and O–H groups in total. The minimum atomic E-state index is -0.608. The molecule has 0 spiro atoms. The predicted molar refractivity (Wildman–Crippen MR) is 62.9 cm³/mol. The minimum absolute atomic E-state index is 0.171. The number of aromatic nitrogens is 2. The second-order valence-corrected chi connectivity index (χ2v) is 3.29. The Balaban J connectivity index is 2.76. The van der Waals surface area contributed by atoms with Crippen LogP contribution in [-0.4, -0.2) is 14.9 Å². The van der Waals surface area contributed by atoms with Crippen LogP contribution in [-0.2, 0) is 0 Å². The summed E-state index contributed by atoms with van der Waals surface area (Å²) in [5.74, 6) is -0.176. The van der Waals surface area contributed by atoms with E-state index in [-0.39, 0.29) is 22.8 Å². The standard InChI is InChI=1S/C10H9N5O2/c11-6-5-14-10(12)9(15(16)17)8(6)7-3-1-2-4-13-7/h1-5H,11H2,(H2,12,14).